The standard InChI is InChI=1S/C12H24N2O6S/c1-4-20-12(6-15,11(18)19)14-10(17)9(16)8(13)7(3)21-5-2/h7-9,15-16H,4-6,13H2,1-3H3,(H,14,17)(H,18,19)/t7?,8-,9?,12?/m0/s1. The molecule has 0 aliphatic heterocycles. The molecule has 0 aliphatic rings. The minimum absolute atomic E-state index is 0.0443. The predicted molar refractivity (Wildman–Crippen MR) is 78.8 cm³/mol. The van der Waals surface area contributed by atoms with Gasteiger partial charge in [-0.2, -0.15) is 11.8 Å². The molecule has 0 aromatic rings. The summed E-state index contributed by atoms with van der Waals surface area (Å²) in [6, 6.07) is -0.873. The molecule has 21 heavy (non-hydrogen) atoms. The number of aliphatic hydroxyl groups is 2. The summed E-state index contributed by atoms with van der Waals surface area (Å²) in [5.74, 6) is -1.80. The summed E-state index contributed by atoms with van der Waals surface area (Å²) < 4.78 is 4.91. The molecule has 0 aliphatic carbocycles. The second-order valence-corrected chi connectivity index (χ2v) is 6.05. The van der Waals surface area contributed by atoms with Crippen molar-refractivity contribution in [3.05, 3.63) is 0 Å². The molecular weight excluding hydrogens is 300 g/mol. The zero-order valence-corrected chi connectivity index (χ0v) is 13.2. The number of aliphatic hydroxyl groups excluding tert-OH is 2. The number of aliphatic carboxylic acids is 1. The second kappa shape index (κ2) is 9.21. The Labute approximate surface area is 128 Å². The lowest BCUT2D eigenvalue weighted by Gasteiger charge is -2.31. The normalized spacial score (nSPS) is 18.4. The van der Waals surface area contributed by atoms with Gasteiger partial charge in [-0.05, 0) is 12.7 Å². The third kappa shape index (κ3) is 5.44. The molecule has 0 bridgehead atoms. The smallest absolute Gasteiger partial charge is 0.359 e. The minimum Gasteiger partial charge on any atom is -0.478 e. The SMILES string of the molecule is CCOC(CO)(NC(=O)C(O)[C@@H](N)C(C)SCC)C(=O)O. The number of carboxylic acid groups (broad SMARTS) is 1. The molecule has 0 spiro atoms. The highest BCUT2D eigenvalue weighted by molar-refractivity contribution is 7.99. The maximum Gasteiger partial charge on any atom is 0.359 e. The van der Waals surface area contributed by atoms with Gasteiger partial charge in [0.25, 0.3) is 11.6 Å². The van der Waals surface area contributed by atoms with Gasteiger partial charge in [0.05, 0.1) is 6.04 Å². The van der Waals surface area contributed by atoms with Gasteiger partial charge in [-0.25, -0.2) is 4.79 Å². The number of carbonyl (C=O) groups excluding carboxylic acids is 1. The van der Waals surface area contributed by atoms with Crippen LogP contribution in [0.3, 0.4) is 0 Å². The Balaban J connectivity index is 4.94. The molecule has 0 saturated carbocycles. The first-order valence-corrected chi connectivity index (χ1v) is 7.66. The Hall–Kier alpha value is -0.870. The van der Waals surface area contributed by atoms with Crippen LogP contribution in [-0.4, -0.2) is 69.3 Å². The molecule has 0 aromatic heterocycles. The average molecular weight is 324 g/mol. The van der Waals surface area contributed by atoms with Gasteiger partial charge in [0, 0.05) is 11.9 Å². The van der Waals surface area contributed by atoms with E-state index >= 15 is 0 Å². The fourth-order valence-electron chi connectivity index (χ4n) is 1.63. The van der Waals surface area contributed by atoms with Crippen LogP contribution in [0.1, 0.15) is 20.8 Å². The summed E-state index contributed by atoms with van der Waals surface area (Å²) in [6.07, 6.45) is -1.61. The van der Waals surface area contributed by atoms with Crippen molar-refractivity contribution in [1.29, 1.82) is 0 Å². The molecule has 8 nitrogen and oxygen atoms in total. The van der Waals surface area contributed by atoms with E-state index in [0.29, 0.717) is 0 Å². The van der Waals surface area contributed by atoms with Gasteiger partial charge in [0.2, 0.25) is 0 Å². The second-order valence-electron chi connectivity index (χ2n) is 4.40. The number of thioether (sulfide) groups is 1. The topological polar surface area (TPSA) is 142 Å². The molecule has 1 amide bonds. The summed E-state index contributed by atoms with van der Waals surface area (Å²) >= 11 is 1.46. The molecule has 0 fully saturated rings. The van der Waals surface area contributed by atoms with Crippen molar-refractivity contribution in [2.45, 2.75) is 43.9 Å². The van der Waals surface area contributed by atoms with Crippen LogP contribution in [-0.2, 0) is 14.3 Å². The van der Waals surface area contributed by atoms with E-state index in [1.54, 1.807) is 6.92 Å². The number of hydrogen-bond acceptors (Lipinski definition) is 7. The highest BCUT2D eigenvalue weighted by Gasteiger charge is 2.43. The van der Waals surface area contributed by atoms with Crippen molar-refractivity contribution < 1.29 is 29.6 Å². The van der Waals surface area contributed by atoms with Crippen molar-refractivity contribution in [2.75, 3.05) is 19.0 Å². The lowest BCUT2D eigenvalue weighted by molar-refractivity contribution is -0.181. The van der Waals surface area contributed by atoms with Crippen LogP contribution in [0, 0.1) is 0 Å². The Morgan fingerprint density at radius 2 is 2.00 bits per heavy atom. The van der Waals surface area contributed by atoms with E-state index in [1.807, 2.05) is 12.2 Å². The molecule has 0 rings (SSSR count). The van der Waals surface area contributed by atoms with E-state index in [9.17, 15) is 19.8 Å². The summed E-state index contributed by atoms with van der Waals surface area (Å²) in [5.41, 5.74) is 3.49. The van der Waals surface area contributed by atoms with Crippen LogP contribution in [0.15, 0.2) is 0 Å². The summed E-state index contributed by atoms with van der Waals surface area (Å²) in [6.45, 7) is 4.17. The maximum atomic E-state index is 11.9. The number of ether oxygens (including phenoxy) is 1. The molecular formula is C12H24N2O6S. The summed E-state index contributed by atoms with van der Waals surface area (Å²) in [4.78, 5) is 23.1. The number of carboxylic acids is 1. The molecule has 0 aromatic carbocycles. The fraction of sp³-hybridized carbons (Fsp3) is 0.833. The van der Waals surface area contributed by atoms with E-state index in [-0.39, 0.29) is 11.9 Å². The van der Waals surface area contributed by atoms with E-state index in [2.05, 4.69) is 0 Å². The highest BCUT2D eigenvalue weighted by atomic mass is 32.2. The van der Waals surface area contributed by atoms with E-state index in [0.717, 1.165) is 5.75 Å². The van der Waals surface area contributed by atoms with Crippen LogP contribution in [0.4, 0.5) is 0 Å². The van der Waals surface area contributed by atoms with Crippen molar-refractivity contribution in [2.24, 2.45) is 5.73 Å². The van der Waals surface area contributed by atoms with E-state index in [1.165, 1.54) is 18.7 Å². The van der Waals surface area contributed by atoms with Gasteiger partial charge in [-0.1, -0.05) is 13.8 Å². The van der Waals surface area contributed by atoms with Crippen molar-refractivity contribution in [3.63, 3.8) is 0 Å². The zero-order chi connectivity index (χ0) is 16.6. The lowest BCUT2D eigenvalue weighted by Crippen LogP contribution is -2.63. The zero-order valence-electron chi connectivity index (χ0n) is 12.4. The molecule has 0 saturated heterocycles. The first-order valence-electron chi connectivity index (χ1n) is 6.61. The number of nitrogens with one attached hydrogen (secondary N) is 1. The lowest BCUT2D eigenvalue weighted by atomic mass is 10.1. The molecule has 4 atom stereocenters. The molecule has 3 unspecified atom stereocenters. The van der Waals surface area contributed by atoms with Gasteiger partial charge in [0.15, 0.2) is 0 Å². The fourth-order valence-corrected chi connectivity index (χ4v) is 2.53. The van der Waals surface area contributed by atoms with Gasteiger partial charge < -0.3 is 31.1 Å². The predicted octanol–water partition coefficient (Wildman–Crippen LogP) is -1.26. The Bertz CT molecular complexity index is 357. The number of hydrogen-bond donors (Lipinski definition) is 5. The molecule has 6 N–H and O–H groups in total. The van der Waals surface area contributed by atoms with Gasteiger partial charge in [0.1, 0.15) is 12.7 Å². The van der Waals surface area contributed by atoms with Gasteiger partial charge >= 0.3 is 5.97 Å². The van der Waals surface area contributed by atoms with E-state index < -0.39 is 36.4 Å². The first kappa shape index (κ1) is 20.1. The number of nitrogens with two attached hydrogens (primary N) is 1. The van der Waals surface area contributed by atoms with Crippen molar-refractivity contribution in [3.8, 4) is 0 Å². The van der Waals surface area contributed by atoms with Crippen LogP contribution in [0.2, 0.25) is 0 Å². The first-order chi connectivity index (χ1) is 9.75. The largest absolute Gasteiger partial charge is 0.478 e. The van der Waals surface area contributed by atoms with Crippen LogP contribution in [0.25, 0.3) is 0 Å². The Morgan fingerprint density at radius 3 is 2.38 bits per heavy atom. The van der Waals surface area contributed by atoms with Crippen molar-refractivity contribution in [1.82, 2.24) is 5.32 Å². The number of rotatable bonds is 10. The molecule has 0 radical (unpaired) electrons. The monoisotopic (exact) mass is 324 g/mol. The summed E-state index contributed by atoms with van der Waals surface area (Å²) in [5, 5.41) is 30.0. The summed E-state index contributed by atoms with van der Waals surface area (Å²) in [7, 11) is 0. The average Bonchev–Trinajstić information content (AvgIpc) is 2.44. The number of amides is 1. The molecule has 9 heteroatoms. The third-order valence-corrected chi connectivity index (χ3v) is 4.06. The van der Waals surface area contributed by atoms with E-state index in [4.69, 9.17) is 15.6 Å². The highest BCUT2D eigenvalue weighted by Crippen LogP contribution is 2.16. The van der Waals surface area contributed by atoms with Crippen LogP contribution >= 0.6 is 11.8 Å². The minimum atomic E-state index is -2.28. The van der Waals surface area contributed by atoms with Gasteiger partial charge in [-0.3, -0.25) is 4.79 Å². The molecule has 0 heterocycles. The Kier molecular flexibility index (Phi) is 8.83. The quantitative estimate of drug-likeness (QED) is 0.314. The van der Waals surface area contributed by atoms with Crippen LogP contribution < -0.4 is 11.1 Å². The third-order valence-electron chi connectivity index (χ3n) is 2.89. The van der Waals surface area contributed by atoms with Gasteiger partial charge in [-0.15, -0.1) is 0 Å². The number of carbonyl (C=O) groups is 2. The maximum absolute atomic E-state index is 11.9. The molecule has 124 valence electrons. The van der Waals surface area contributed by atoms with Crippen LogP contribution in [0.5, 0.6) is 0 Å². The Morgan fingerprint density at radius 1 is 1.43 bits per heavy atom. The van der Waals surface area contributed by atoms with Crippen molar-refractivity contribution >= 4 is 23.6 Å².